The number of carbonyl (C=O) groups is 2. The number of pyridine rings is 1. The first-order valence-electron chi connectivity index (χ1n) is 7.87. The van der Waals surface area contributed by atoms with E-state index < -0.39 is 34.4 Å². The highest BCUT2D eigenvalue weighted by molar-refractivity contribution is 7.91. The van der Waals surface area contributed by atoms with Crippen LogP contribution in [0.2, 0.25) is 0 Å². The minimum Gasteiger partial charge on any atom is -0.452 e. The molecule has 2 heterocycles. The van der Waals surface area contributed by atoms with Crippen molar-refractivity contribution >= 4 is 32.6 Å². The SMILES string of the molecule is Cc1cc(C(=O)OCC(=O)N[C@@H]2CCS(=O)(=O)C2)c2ccccc2n1. The van der Waals surface area contributed by atoms with Gasteiger partial charge in [0.05, 0.1) is 22.6 Å². The largest absolute Gasteiger partial charge is 0.452 e. The molecule has 0 spiro atoms. The molecule has 0 bridgehead atoms. The Bertz CT molecular complexity index is 939. The minimum absolute atomic E-state index is 0.0686. The lowest BCUT2D eigenvalue weighted by molar-refractivity contribution is -0.124. The number of benzene rings is 1. The number of hydrogen-bond acceptors (Lipinski definition) is 6. The van der Waals surface area contributed by atoms with Crippen LogP contribution in [0.1, 0.15) is 22.5 Å². The van der Waals surface area contributed by atoms with Gasteiger partial charge in [-0.1, -0.05) is 18.2 Å². The van der Waals surface area contributed by atoms with E-state index in [2.05, 4.69) is 10.3 Å². The maximum Gasteiger partial charge on any atom is 0.339 e. The number of carbonyl (C=O) groups excluding carboxylic acids is 2. The molecule has 1 fully saturated rings. The Morgan fingerprint density at radius 2 is 2.08 bits per heavy atom. The van der Waals surface area contributed by atoms with E-state index in [0.29, 0.717) is 28.6 Å². The van der Waals surface area contributed by atoms with E-state index in [1.165, 1.54) is 0 Å². The third-order valence-electron chi connectivity index (χ3n) is 4.00. The minimum atomic E-state index is -3.07. The van der Waals surface area contributed by atoms with Crippen LogP contribution in [0.4, 0.5) is 0 Å². The molecule has 1 amide bonds. The van der Waals surface area contributed by atoms with Crippen molar-refractivity contribution in [2.75, 3.05) is 18.1 Å². The lowest BCUT2D eigenvalue weighted by Crippen LogP contribution is -2.38. The molecule has 7 nitrogen and oxygen atoms in total. The number of aryl methyl sites for hydroxylation is 1. The summed E-state index contributed by atoms with van der Waals surface area (Å²) in [6.45, 7) is 1.32. The number of nitrogens with one attached hydrogen (secondary N) is 1. The number of hydrogen-bond donors (Lipinski definition) is 1. The predicted octanol–water partition coefficient (Wildman–Crippen LogP) is 1.00. The van der Waals surface area contributed by atoms with Crippen molar-refractivity contribution in [2.24, 2.45) is 0 Å². The standard InChI is InChI=1S/C17H18N2O5S/c1-11-8-14(13-4-2-3-5-15(13)18-11)17(21)24-9-16(20)19-12-6-7-25(22,23)10-12/h2-5,8,12H,6-7,9-10H2,1H3,(H,19,20)/t12-/m1/s1. The number of para-hydroxylation sites is 1. The molecule has 0 unspecified atom stereocenters. The molecule has 0 saturated carbocycles. The van der Waals surface area contributed by atoms with Crippen molar-refractivity contribution in [3.05, 3.63) is 41.6 Å². The van der Waals surface area contributed by atoms with Gasteiger partial charge in [-0.25, -0.2) is 13.2 Å². The van der Waals surface area contributed by atoms with Gasteiger partial charge in [0.1, 0.15) is 0 Å². The van der Waals surface area contributed by atoms with E-state index in [1.54, 1.807) is 31.2 Å². The number of fused-ring (bicyclic) bond motifs is 1. The van der Waals surface area contributed by atoms with Gasteiger partial charge in [-0.15, -0.1) is 0 Å². The maximum atomic E-state index is 12.3. The second-order valence-corrected chi connectivity index (χ2v) is 8.30. The Hall–Kier alpha value is -2.48. The highest BCUT2D eigenvalue weighted by Crippen LogP contribution is 2.19. The van der Waals surface area contributed by atoms with Gasteiger partial charge >= 0.3 is 5.97 Å². The molecular formula is C17H18N2O5S. The molecule has 1 atom stereocenters. The molecule has 1 aliphatic rings. The quantitative estimate of drug-likeness (QED) is 0.814. The summed E-state index contributed by atoms with van der Waals surface area (Å²) in [5.41, 5.74) is 1.70. The van der Waals surface area contributed by atoms with E-state index in [0.717, 1.165) is 0 Å². The van der Waals surface area contributed by atoms with Crippen LogP contribution in [-0.4, -0.2) is 49.4 Å². The molecule has 25 heavy (non-hydrogen) atoms. The zero-order valence-electron chi connectivity index (χ0n) is 13.7. The van der Waals surface area contributed by atoms with Gasteiger partial charge in [0.15, 0.2) is 16.4 Å². The van der Waals surface area contributed by atoms with Crippen LogP contribution in [0.25, 0.3) is 10.9 Å². The van der Waals surface area contributed by atoms with E-state index >= 15 is 0 Å². The van der Waals surface area contributed by atoms with Gasteiger partial charge in [0.25, 0.3) is 5.91 Å². The highest BCUT2D eigenvalue weighted by Gasteiger charge is 2.29. The van der Waals surface area contributed by atoms with Gasteiger partial charge in [0.2, 0.25) is 0 Å². The van der Waals surface area contributed by atoms with Crippen LogP contribution < -0.4 is 5.32 Å². The fraction of sp³-hybridized carbons (Fsp3) is 0.353. The molecule has 132 valence electrons. The summed E-state index contributed by atoms with van der Waals surface area (Å²) in [4.78, 5) is 28.6. The second-order valence-electron chi connectivity index (χ2n) is 6.07. The average Bonchev–Trinajstić information content (AvgIpc) is 2.90. The van der Waals surface area contributed by atoms with Crippen LogP contribution in [0.3, 0.4) is 0 Å². The van der Waals surface area contributed by atoms with Crippen LogP contribution in [0, 0.1) is 6.92 Å². The van der Waals surface area contributed by atoms with Crippen LogP contribution >= 0.6 is 0 Å². The Morgan fingerprint density at radius 1 is 1.32 bits per heavy atom. The van der Waals surface area contributed by atoms with Crippen LogP contribution in [-0.2, 0) is 19.4 Å². The summed E-state index contributed by atoms with van der Waals surface area (Å²) in [5.74, 6) is -1.12. The van der Waals surface area contributed by atoms with Crippen molar-refractivity contribution < 1.29 is 22.7 Å². The summed E-state index contributed by atoms with van der Waals surface area (Å²) in [7, 11) is -3.07. The summed E-state index contributed by atoms with van der Waals surface area (Å²) in [6, 6.07) is 8.39. The third-order valence-corrected chi connectivity index (χ3v) is 5.76. The molecule has 1 N–H and O–H groups in total. The van der Waals surface area contributed by atoms with Crippen molar-refractivity contribution in [3.8, 4) is 0 Å². The molecule has 1 saturated heterocycles. The lowest BCUT2D eigenvalue weighted by Gasteiger charge is -2.12. The number of rotatable bonds is 4. The third kappa shape index (κ3) is 4.14. The fourth-order valence-corrected chi connectivity index (χ4v) is 4.54. The fourth-order valence-electron chi connectivity index (χ4n) is 2.86. The highest BCUT2D eigenvalue weighted by atomic mass is 32.2. The number of sulfone groups is 1. The lowest BCUT2D eigenvalue weighted by atomic mass is 10.1. The normalized spacial score (nSPS) is 18.8. The Balaban J connectivity index is 1.64. The molecule has 0 radical (unpaired) electrons. The number of nitrogens with zero attached hydrogens (tertiary/aromatic N) is 1. The monoisotopic (exact) mass is 362 g/mol. The molecule has 1 aliphatic heterocycles. The summed E-state index contributed by atoms with van der Waals surface area (Å²) in [5, 5.41) is 3.24. The van der Waals surface area contributed by atoms with Gasteiger partial charge < -0.3 is 10.1 Å². The van der Waals surface area contributed by atoms with Gasteiger partial charge in [0, 0.05) is 17.1 Å². The van der Waals surface area contributed by atoms with E-state index in [9.17, 15) is 18.0 Å². The summed E-state index contributed by atoms with van der Waals surface area (Å²) < 4.78 is 27.9. The first-order valence-corrected chi connectivity index (χ1v) is 9.69. The van der Waals surface area contributed by atoms with E-state index in [1.807, 2.05) is 6.07 Å². The Kier molecular flexibility index (Phi) is 4.71. The Labute approximate surface area is 145 Å². The van der Waals surface area contributed by atoms with Crippen LogP contribution in [0.5, 0.6) is 0 Å². The first-order chi connectivity index (χ1) is 11.8. The van der Waals surface area contributed by atoms with Crippen LogP contribution in [0.15, 0.2) is 30.3 Å². The summed E-state index contributed by atoms with van der Waals surface area (Å²) >= 11 is 0. The van der Waals surface area contributed by atoms with Crippen molar-refractivity contribution in [3.63, 3.8) is 0 Å². The number of aromatic nitrogens is 1. The number of ether oxygens (including phenoxy) is 1. The molecule has 2 aromatic rings. The number of amides is 1. The number of esters is 1. The van der Waals surface area contributed by atoms with E-state index in [-0.39, 0.29) is 11.5 Å². The molecule has 1 aromatic carbocycles. The van der Waals surface area contributed by atoms with Crippen molar-refractivity contribution in [1.29, 1.82) is 0 Å². The van der Waals surface area contributed by atoms with Gasteiger partial charge in [-0.3, -0.25) is 9.78 Å². The predicted molar refractivity (Wildman–Crippen MR) is 92.0 cm³/mol. The zero-order valence-corrected chi connectivity index (χ0v) is 14.5. The topological polar surface area (TPSA) is 102 Å². The zero-order chi connectivity index (χ0) is 18.0. The Morgan fingerprint density at radius 3 is 2.80 bits per heavy atom. The second kappa shape index (κ2) is 6.79. The van der Waals surface area contributed by atoms with Crippen molar-refractivity contribution in [1.82, 2.24) is 10.3 Å². The summed E-state index contributed by atoms with van der Waals surface area (Å²) in [6.07, 6.45) is 0.385. The molecule has 1 aromatic heterocycles. The molecule has 3 rings (SSSR count). The van der Waals surface area contributed by atoms with Gasteiger partial charge in [-0.05, 0) is 25.5 Å². The van der Waals surface area contributed by atoms with Gasteiger partial charge in [-0.2, -0.15) is 0 Å². The smallest absolute Gasteiger partial charge is 0.339 e. The van der Waals surface area contributed by atoms with E-state index in [4.69, 9.17) is 4.74 Å². The molecule has 0 aliphatic carbocycles. The molecule has 8 heteroatoms. The van der Waals surface area contributed by atoms with Crippen molar-refractivity contribution in [2.45, 2.75) is 19.4 Å². The average molecular weight is 362 g/mol. The molecular weight excluding hydrogens is 344 g/mol. The first kappa shape index (κ1) is 17.3. The maximum absolute atomic E-state index is 12.3.